The molecule has 26 heavy (non-hydrogen) atoms. The van der Waals surface area contributed by atoms with Gasteiger partial charge in [-0.25, -0.2) is 9.18 Å². The molecule has 2 aromatic heterocycles. The first-order chi connectivity index (χ1) is 12.6. The van der Waals surface area contributed by atoms with E-state index < -0.39 is 5.97 Å². The van der Waals surface area contributed by atoms with Crippen LogP contribution in [0.25, 0.3) is 22.2 Å². The van der Waals surface area contributed by atoms with Gasteiger partial charge >= 0.3 is 5.97 Å². The van der Waals surface area contributed by atoms with Gasteiger partial charge in [0.1, 0.15) is 5.82 Å². The summed E-state index contributed by atoms with van der Waals surface area (Å²) in [4.78, 5) is 15.2. The monoisotopic (exact) mass is 346 g/mol. The van der Waals surface area contributed by atoms with Gasteiger partial charge in [0.05, 0.1) is 11.3 Å². The first kappa shape index (κ1) is 16.0. The molecule has 4 aromatic rings. The van der Waals surface area contributed by atoms with E-state index in [0.29, 0.717) is 6.54 Å². The lowest BCUT2D eigenvalue weighted by molar-refractivity contribution is 0.0697. The Labute approximate surface area is 149 Å². The molecular weight excluding hydrogens is 331 g/mol. The van der Waals surface area contributed by atoms with E-state index in [1.807, 2.05) is 18.2 Å². The van der Waals surface area contributed by atoms with Crippen molar-refractivity contribution in [1.29, 1.82) is 0 Å². The van der Waals surface area contributed by atoms with E-state index in [0.717, 1.165) is 27.7 Å². The van der Waals surface area contributed by atoms with E-state index >= 15 is 0 Å². The van der Waals surface area contributed by atoms with Crippen molar-refractivity contribution in [2.24, 2.45) is 0 Å². The number of fused-ring (bicyclic) bond motifs is 1. The Morgan fingerprint density at radius 1 is 1.08 bits per heavy atom. The molecule has 0 aliphatic heterocycles. The average molecular weight is 346 g/mol. The zero-order chi connectivity index (χ0) is 18.1. The fraction of sp³-hybridized carbons (Fsp3) is 0.0476. The standard InChI is InChI=1S/C21H15FN2O2/c22-18-7-8-19-17(10-18)11-20(16-2-1-9-23-12-16)24(19)13-14-3-5-15(6-4-14)21(25)26/h1-12H,13H2,(H,25,26). The number of carboxylic acids is 1. The van der Waals surface area contributed by atoms with E-state index in [2.05, 4.69) is 9.55 Å². The zero-order valence-electron chi connectivity index (χ0n) is 13.8. The topological polar surface area (TPSA) is 55.1 Å². The Morgan fingerprint density at radius 2 is 1.88 bits per heavy atom. The van der Waals surface area contributed by atoms with Gasteiger partial charge in [0.2, 0.25) is 0 Å². The summed E-state index contributed by atoms with van der Waals surface area (Å²) in [6.07, 6.45) is 3.48. The third-order valence-electron chi connectivity index (χ3n) is 4.36. The lowest BCUT2D eigenvalue weighted by atomic mass is 10.1. The van der Waals surface area contributed by atoms with Crippen LogP contribution < -0.4 is 0 Å². The van der Waals surface area contributed by atoms with Crippen molar-refractivity contribution in [2.75, 3.05) is 0 Å². The summed E-state index contributed by atoms with van der Waals surface area (Å²) >= 11 is 0. The molecule has 2 aromatic carbocycles. The minimum atomic E-state index is -0.950. The molecule has 0 aliphatic carbocycles. The minimum Gasteiger partial charge on any atom is -0.478 e. The highest BCUT2D eigenvalue weighted by molar-refractivity contribution is 5.88. The maximum Gasteiger partial charge on any atom is 0.335 e. The van der Waals surface area contributed by atoms with Crippen molar-refractivity contribution in [3.8, 4) is 11.3 Å². The molecule has 0 saturated heterocycles. The molecule has 4 nitrogen and oxygen atoms in total. The van der Waals surface area contributed by atoms with Crippen LogP contribution in [0.3, 0.4) is 0 Å². The molecule has 0 spiro atoms. The van der Waals surface area contributed by atoms with Crippen LogP contribution in [0.4, 0.5) is 4.39 Å². The Balaban J connectivity index is 1.83. The third kappa shape index (κ3) is 2.95. The Hall–Kier alpha value is -3.47. The van der Waals surface area contributed by atoms with Crippen molar-refractivity contribution in [2.45, 2.75) is 6.54 Å². The second-order valence-corrected chi connectivity index (χ2v) is 6.06. The molecule has 0 unspecified atom stereocenters. The molecule has 0 atom stereocenters. The summed E-state index contributed by atoms with van der Waals surface area (Å²) in [6, 6.07) is 17.3. The number of benzene rings is 2. The molecule has 0 saturated carbocycles. The predicted molar refractivity (Wildman–Crippen MR) is 97.6 cm³/mol. The van der Waals surface area contributed by atoms with Gasteiger partial charge in [0.25, 0.3) is 0 Å². The van der Waals surface area contributed by atoms with Crippen molar-refractivity contribution in [1.82, 2.24) is 9.55 Å². The number of aromatic carboxylic acids is 1. The Morgan fingerprint density at radius 3 is 2.58 bits per heavy atom. The summed E-state index contributed by atoms with van der Waals surface area (Å²) in [5, 5.41) is 9.86. The van der Waals surface area contributed by atoms with Crippen LogP contribution in [0.2, 0.25) is 0 Å². The van der Waals surface area contributed by atoms with Crippen molar-refractivity contribution < 1.29 is 14.3 Å². The second kappa shape index (κ2) is 6.44. The summed E-state index contributed by atoms with van der Waals surface area (Å²) < 4.78 is 15.7. The first-order valence-corrected chi connectivity index (χ1v) is 8.13. The molecule has 128 valence electrons. The van der Waals surface area contributed by atoms with Gasteiger partial charge in [-0.15, -0.1) is 0 Å². The number of halogens is 1. The van der Waals surface area contributed by atoms with Gasteiger partial charge in [-0.05, 0) is 54.1 Å². The maximum atomic E-state index is 13.6. The summed E-state index contributed by atoms with van der Waals surface area (Å²) in [6.45, 7) is 0.541. The van der Waals surface area contributed by atoms with E-state index in [-0.39, 0.29) is 11.4 Å². The molecule has 0 bridgehead atoms. The minimum absolute atomic E-state index is 0.251. The maximum absolute atomic E-state index is 13.6. The van der Waals surface area contributed by atoms with Gasteiger partial charge in [-0.3, -0.25) is 4.98 Å². The van der Waals surface area contributed by atoms with Gasteiger partial charge in [-0.2, -0.15) is 0 Å². The van der Waals surface area contributed by atoms with Crippen LogP contribution in [-0.2, 0) is 6.54 Å². The smallest absolute Gasteiger partial charge is 0.335 e. The van der Waals surface area contributed by atoms with E-state index in [1.165, 1.54) is 12.1 Å². The van der Waals surface area contributed by atoms with E-state index in [9.17, 15) is 9.18 Å². The molecule has 0 aliphatic rings. The van der Waals surface area contributed by atoms with Crippen molar-refractivity contribution in [3.05, 3.63) is 90.0 Å². The van der Waals surface area contributed by atoms with Crippen molar-refractivity contribution >= 4 is 16.9 Å². The largest absolute Gasteiger partial charge is 0.478 e. The number of nitrogens with zero attached hydrogens (tertiary/aromatic N) is 2. The molecule has 1 N–H and O–H groups in total. The predicted octanol–water partition coefficient (Wildman–Crippen LogP) is 4.59. The summed E-state index contributed by atoms with van der Waals surface area (Å²) in [7, 11) is 0. The SMILES string of the molecule is O=C(O)c1ccc(Cn2c(-c3cccnc3)cc3cc(F)ccc32)cc1. The van der Waals surface area contributed by atoms with Gasteiger partial charge in [0, 0.05) is 35.4 Å². The molecule has 4 rings (SSSR count). The number of hydrogen-bond acceptors (Lipinski definition) is 2. The molecule has 0 fully saturated rings. The summed E-state index contributed by atoms with van der Waals surface area (Å²) in [5.41, 5.74) is 3.99. The van der Waals surface area contributed by atoms with E-state index in [4.69, 9.17) is 5.11 Å². The number of rotatable bonds is 4. The van der Waals surface area contributed by atoms with Crippen LogP contribution in [0.1, 0.15) is 15.9 Å². The van der Waals surface area contributed by atoms with Gasteiger partial charge < -0.3 is 9.67 Å². The lowest BCUT2D eigenvalue weighted by Gasteiger charge is -2.11. The molecule has 0 amide bonds. The van der Waals surface area contributed by atoms with Gasteiger partial charge in [-0.1, -0.05) is 12.1 Å². The number of pyridine rings is 1. The Kier molecular flexibility index (Phi) is 3.97. The molecule has 2 heterocycles. The van der Waals surface area contributed by atoms with E-state index in [1.54, 1.807) is 42.7 Å². The molecule has 0 radical (unpaired) electrons. The Bertz CT molecular complexity index is 1090. The van der Waals surface area contributed by atoms with Gasteiger partial charge in [0.15, 0.2) is 0 Å². The van der Waals surface area contributed by atoms with Crippen LogP contribution in [0, 0.1) is 5.82 Å². The normalized spacial score (nSPS) is 11.0. The quantitative estimate of drug-likeness (QED) is 0.588. The van der Waals surface area contributed by atoms with Crippen molar-refractivity contribution in [3.63, 3.8) is 0 Å². The third-order valence-corrected chi connectivity index (χ3v) is 4.36. The highest BCUT2D eigenvalue weighted by atomic mass is 19.1. The lowest BCUT2D eigenvalue weighted by Crippen LogP contribution is -2.03. The van der Waals surface area contributed by atoms with Crippen LogP contribution in [0.5, 0.6) is 0 Å². The zero-order valence-corrected chi connectivity index (χ0v) is 13.8. The highest BCUT2D eigenvalue weighted by Crippen LogP contribution is 2.29. The first-order valence-electron chi connectivity index (χ1n) is 8.13. The van der Waals surface area contributed by atoms with Crippen LogP contribution >= 0.6 is 0 Å². The fourth-order valence-electron chi connectivity index (χ4n) is 3.10. The van der Waals surface area contributed by atoms with Crippen LogP contribution in [-0.4, -0.2) is 20.6 Å². The number of aromatic nitrogens is 2. The fourth-order valence-corrected chi connectivity index (χ4v) is 3.10. The molecule has 5 heteroatoms. The second-order valence-electron chi connectivity index (χ2n) is 6.06. The average Bonchev–Trinajstić information content (AvgIpc) is 3.00. The number of carboxylic acid groups (broad SMARTS) is 1. The number of hydrogen-bond donors (Lipinski definition) is 1. The summed E-state index contributed by atoms with van der Waals surface area (Å²) in [5.74, 6) is -1.23. The van der Waals surface area contributed by atoms with Crippen LogP contribution in [0.15, 0.2) is 73.1 Å². The molecular formula is C21H15FN2O2. The highest BCUT2D eigenvalue weighted by Gasteiger charge is 2.12. The number of carbonyl (C=O) groups is 1.